The highest BCUT2D eigenvalue weighted by atomic mass is 35.5. The second-order valence-corrected chi connectivity index (χ2v) is 5.94. The summed E-state index contributed by atoms with van der Waals surface area (Å²) >= 11 is 0. The molecule has 3 rings (SSSR count). The molecule has 24 heavy (non-hydrogen) atoms. The Labute approximate surface area is 153 Å². The van der Waals surface area contributed by atoms with Crippen LogP contribution in [0.3, 0.4) is 0 Å². The minimum Gasteiger partial charge on any atom is -0.333 e. The van der Waals surface area contributed by atoms with Gasteiger partial charge in [0, 0.05) is 36.6 Å². The lowest BCUT2D eigenvalue weighted by molar-refractivity contribution is 0.0602. The van der Waals surface area contributed by atoms with E-state index in [1.807, 2.05) is 17.9 Å². The fourth-order valence-corrected chi connectivity index (χ4v) is 2.95. The predicted octanol–water partition coefficient (Wildman–Crippen LogP) is 3.35. The van der Waals surface area contributed by atoms with Gasteiger partial charge in [-0.05, 0) is 39.0 Å². The SMILES string of the molecule is Cc1nc2cc(F)ccc2cc1C(=O)N1CCNC(C)C1C.Cl.Cl. The topological polar surface area (TPSA) is 45.2 Å². The van der Waals surface area contributed by atoms with E-state index in [-0.39, 0.29) is 48.6 Å². The van der Waals surface area contributed by atoms with Gasteiger partial charge >= 0.3 is 0 Å². The van der Waals surface area contributed by atoms with Crippen LogP contribution in [0.5, 0.6) is 0 Å². The molecule has 1 aromatic carbocycles. The van der Waals surface area contributed by atoms with Crippen LogP contribution in [0.4, 0.5) is 4.39 Å². The molecule has 0 saturated carbocycles. The number of pyridine rings is 1. The van der Waals surface area contributed by atoms with E-state index >= 15 is 0 Å². The number of carbonyl (C=O) groups is 1. The summed E-state index contributed by atoms with van der Waals surface area (Å²) in [5, 5.41) is 4.15. The molecule has 2 heterocycles. The number of aryl methyl sites for hydroxylation is 1. The zero-order chi connectivity index (χ0) is 15.9. The largest absolute Gasteiger partial charge is 0.333 e. The molecule has 7 heteroatoms. The average Bonchev–Trinajstić information content (AvgIpc) is 2.48. The zero-order valence-electron chi connectivity index (χ0n) is 13.9. The van der Waals surface area contributed by atoms with Crippen LogP contribution in [-0.2, 0) is 0 Å². The number of nitrogens with one attached hydrogen (secondary N) is 1. The minimum atomic E-state index is -0.317. The van der Waals surface area contributed by atoms with Crippen LogP contribution in [0, 0.1) is 12.7 Å². The van der Waals surface area contributed by atoms with Gasteiger partial charge in [0.15, 0.2) is 0 Å². The normalized spacial score (nSPS) is 20.2. The summed E-state index contributed by atoms with van der Waals surface area (Å²) in [7, 11) is 0. The molecule has 1 amide bonds. The molecule has 4 nitrogen and oxygen atoms in total. The average molecular weight is 374 g/mol. The van der Waals surface area contributed by atoms with E-state index in [9.17, 15) is 9.18 Å². The van der Waals surface area contributed by atoms with Gasteiger partial charge in [0.05, 0.1) is 16.8 Å². The summed E-state index contributed by atoms with van der Waals surface area (Å²) in [4.78, 5) is 19.2. The number of benzene rings is 1. The number of aromatic nitrogens is 1. The second kappa shape index (κ2) is 8.10. The van der Waals surface area contributed by atoms with Gasteiger partial charge in [-0.2, -0.15) is 0 Å². The van der Waals surface area contributed by atoms with E-state index in [0.29, 0.717) is 23.3 Å². The first kappa shape index (κ1) is 20.6. The molecule has 2 aromatic rings. The van der Waals surface area contributed by atoms with E-state index in [0.717, 1.165) is 11.9 Å². The molecule has 2 atom stereocenters. The lowest BCUT2D eigenvalue weighted by atomic mass is 10.0. The van der Waals surface area contributed by atoms with Gasteiger partial charge < -0.3 is 10.2 Å². The maximum absolute atomic E-state index is 13.3. The quantitative estimate of drug-likeness (QED) is 0.833. The Hall–Kier alpha value is -1.43. The molecule has 132 valence electrons. The van der Waals surface area contributed by atoms with Crippen molar-refractivity contribution in [3.8, 4) is 0 Å². The van der Waals surface area contributed by atoms with Crippen molar-refractivity contribution in [2.24, 2.45) is 0 Å². The van der Waals surface area contributed by atoms with Crippen LogP contribution < -0.4 is 5.32 Å². The minimum absolute atomic E-state index is 0. The summed E-state index contributed by atoms with van der Waals surface area (Å²) in [5.41, 5.74) is 1.82. The Morgan fingerprint density at radius 1 is 1.29 bits per heavy atom. The number of hydrogen-bond acceptors (Lipinski definition) is 3. The van der Waals surface area contributed by atoms with Crippen molar-refractivity contribution in [3.63, 3.8) is 0 Å². The lowest BCUT2D eigenvalue weighted by Crippen LogP contribution is -2.57. The Morgan fingerprint density at radius 2 is 2.00 bits per heavy atom. The summed E-state index contributed by atoms with van der Waals surface area (Å²) in [6.07, 6.45) is 0. The Kier molecular flexibility index (Phi) is 6.96. The standard InChI is InChI=1S/C17H20FN3O.2ClH/c1-10-12(3)21(7-6-19-10)17(22)15-8-13-4-5-14(18)9-16(13)20-11(15)2;;/h4-5,8-10,12,19H,6-7H2,1-3H3;2*1H. The molecular formula is C17H22Cl2FN3O. The first-order valence-corrected chi connectivity index (χ1v) is 7.58. The zero-order valence-corrected chi connectivity index (χ0v) is 15.5. The molecule has 1 aromatic heterocycles. The first-order valence-electron chi connectivity index (χ1n) is 7.58. The van der Waals surface area contributed by atoms with Crippen LogP contribution in [0.1, 0.15) is 29.9 Å². The molecule has 1 fully saturated rings. The summed E-state index contributed by atoms with van der Waals surface area (Å²) in [6.45, 7) is 7.41. The number of piperazine rings is 1. The third kappa shape index (κ3) is 3.79. The monoisotopic (exact) mass is 373 g/mol. The van der Waals surface area contributed by atoms with Crippen LogP contribution in [0.25, 0.3) is 10.9 Å². The van der Waals surface area contributed by atoms with E-state index in [1.54, 1.807) is 13.0 Å². The van der Waals surface area contributed by atoms with Crippen LogP contribution in [-0.4, -0.2) is 41.0 Å². The summed E-state index contributed by atoms with van der Waals surface area (Å²) in [5.74, 6) is -0.319. The third-order valence-electron chi connectivity index (χ3n) is 4.50. The van der Waals surface area contributed by atoms with Crippen LogP contribution in [0.2, 0.25) is 0 Å². The number of halogens is 3. The first-order chi connectivity index (χ1) is 10.5. The van der Waals surface area contributed by atoms with Crippen molar-refractivity contribution in [2.45, 2.75) is 32.9 Å². The Bertz CT molecular complexity index is 741. The van der Waals surface area contributed by atoms with Crippen molar-refractivity contribution in [2.75, 3.05) is 13.1 Å². The number of hydrogen-bond donors (Lipinski definition) is 1. The van der Waals surface area contributed by atoms with Gasteiger partial charge in [0.2, 0.25) is 0 Å². The lowest BCUT2D eigenvalue weighted by Gasteiger charge is -2.38. The van der Waals surface area contributed by atoms with Gasteiger partial charge in [-0.1, -0.05) is 0 Å². The molecular weight excluding hydrogens is 352 g/mol. The number of amides is 1. The molecule has 1 aliphatic rings. The molecule has 0 spiro atoms. The fraction of sp³-hybridized carbons (Fsp3) is 0.412. The number of rotatable bonds is 1. The van der Waals surface area contributed by atoms with Crippen molar-refractivity contribution < 1.29 is 9.18 Å². The summed E-state index contributed by atoms with van der Waals surface area (Å²) < 4.78 is 13.3. The highest BCUT2D eigenvalue weighted by Crippen LogP contribution is 2.21. The molecule has 1 aliphatic heterocycles. The van der Waals surface area contributed by atoms with E-state index in [2.05, 4.69) is 17.2 Å². The van der Waals surface area contributed by atoms with Gasteiger partial charge in [0.25, 0.3) is 5.91 Å². The molecule has 1 saturated heterocycles. The van der Waals surface area contributed by atoms with Crippen molar-refractivity contribution >= 4 is 41.6 Å². The molecule has 0 radical (unpaired) electrons. The molecule has 2 unspecified atom stereocenters. The third-order valence-corrected chi connectivity index (χ3v) is 4.50. The van der Waals surface area contributed by atoms with Gasteiger partial charge in [0.1, 0.15) is 5.82 Å². The highest BCUT2D eigenvalue weighted by Gasteiger charge is 2.29. The van der Waals surface area contributed by atoms with Crippen LogP contribution >= 0.6 is 24.8 Å². The number of fused-ring (bicyclic) bond motifs is 1. The number of nitrogens with zero attached hydrogens (tertiary/aromatic N) is 2. The van der Waals surface area contributed by atoms with Gasteiger partial charge in [-0.3, -0.25) is 9.78 Å². The van der Waals surface area contributed by atoms with Crippen molar-refractivity contribution in [1.82, 2.24) is 15.2 Å². The maximum Gasteiger partial charge on any atom is 0.256 e. The summed E-state index contributed by atoms with van der Waals surface area (Å²) in [6, 6.07) is 6.66. The maximum atomic E-state index is 13.3. The van der Waals surface area contributed by atoms with E-state index < -0.39 is 0 Å². The second-order valence-electron chi connectivity index (χ2n) is 5.94. The van der Waals surface area contributed by atoms with Crippen LogP contribution in [0.15, 0.2) is 24.3 Å². The van der Waals surface area contributed by atoms with E-state index in [1.165, 1.54) is 12.1 Å². The highest BCUT2D eigenvalue weighted by molar-refractivity contribution is 5.98. The smallest absolute Gasteiger partial charge is 0.256 e. The molecule has 1 N–H and O–H groups in total. The van der Waals surface area contributed by atoms with E-state index in [4.69, 9.17) is 0 Å². The van der Waals surface area contributed by atoms with Crippen molar-refractivity contribution in [3.05, 3.63) is 41.3 Å². The Morgan fingerprint density at radius 3 is 2.71 bits per heavy atom. The molecule has 0 bridgehead atoms. The van der Waals surface area contributed by atoms with Crippen molar-refractivity contribution in [1.29, 1.82) is 0 Å². The predicted molar refractivity (Wildman–Crippen MR) is 98.9 cm³/mol. The van der Waals surface area contributed by atoms with Gasteiger partial charge in [-0.15, -0.1) is 24.8 Å². The van der Waals surface area contributed by atoms with Gasteiger partial charge in [-0.25, -0.2) is 4.39 Å². The number of carbonyl (C=O) groups excluding carboxylic acids is 1. The fourth-order valence-electron chi connectivity index (χ4n) is 2.95. The molecule has 0 aliphatic carbocycles. The Balaban J connectivity index is 0.00000144.